The molecular formula is C20H14N4. The molecule has 114 valence electrons. The zero-order valence-corrected chi connectivity index (χ0v) is 12.8. The van der Waals surface area contributed by atoms with Gasteiger partial charge in [0.1, 0.15) is 5.82 Å². The predicted octanol–water partition coefficient (Wildman–Crippen LogP) is 4.77. The van der Waals surface area contributed by atoms with Crippen molar-refractivity contribution in [2.45, 2.75) is 0 Å². The van der Waals surface area contributed by atoms with Gasteiger partial charge in [-0.05, 0) is 35.4 Å². The fourth-order valence-electron chi connectivity index (χ4n) is 3.03. The zero-order chi connectivity index (χ0) is 15.9. The van der Waals surface area contributed by atoms with E-state index in [1.807, 2.05) is 18.2 Å². The van der Waals surface area contributed by atoms with Crippen LogP contribution >= 0.6 is 0 Å². The third-order valence-corrected chi connectivity index (χ3v) is 4.28. The van der Waals surface area contributed by atoms with Crippen molar-refractivity contribution in [1.82, 2.24) is 19.9 Å². The molecule has 4 nitrogen and oxygen atoms in total. The van der Waals surface area contributed by atoms with Gasteiger partial charge in [0.05, 0.1) is 28.4 Å². The largest absolute Gasteiger partial charge is 0.345 e. The van der Waals surface area contributed by atoms with Gasteiger partial charge in [0.2, 0.25) is 0 Å². The number of rotatable bonds is 2. The van der Waals surface area contributed by atoms with E-state index in [2.05, 4.69) is 68.5 Å². The minimum absolute atomic E-state index is 0.894. The Morgan fingerprint density at radius 1 is 0.667 bits per heavy atom. The molecule has 0 radical (unpaired) electrons. The third-order valence-electron chi connectivity index (χ3n) is 4.28. The molecular weight excluding hydrogens is 296 g/mol. The van der Waals surface area contributed by atoms with E-state index in [0.717, 1.165) is 44.6 Å². The molecule has 2 aromatic heterocycles. The maximum atomic E-state index is 4.69. The number of hydrogen-bond acceptors (Lipinski definition) is 2. The van der Waals surface area contributed by atoms with Crippen LogP contribution in [0, 0.1) is 0 Å². The fourth-order valence-corrected chi connectivity index (χ4v) is 3.03. The van der Waals surface area contributed by atoms with Crippen molar-refractivity contribution >= 4 is 22.1 Å². The fraction of sp³-hybridized carbons (Fsp3) is 0. The monoisotopic (exact) mass is 310 g/mol. The molecule has 2 heterocycles. The predicted molar refractivity (Wildman–Crippen MR) is 96.6 cm³/mol. The highest BCUT2D eigenvalue weighted by atomic mass is 14.9. The standard InChI is InChI=1S/C20H14N4/c1-2-4-13(5-3-1)20-23-17-9-7-15(11-19(17)24-20)14-6-8-16-18(10-14)22-12-21-16/h1-12H,(H,21,22)(H,23,24). The number of hydrogen-bond donors (Lipinski definition) is 2. The van der Waals surface area contributed by atoms with Gasteiger partial charge in [-0.1, -0.05) is 42.5 Å². The highest BCUT2D eigenvalue weighted by Crippen LogP contribution is 2.27. The number of H-pyrrole nitrogens is 2. The molecule has 0 amide bonds. The SMILES string of the molecule is c1ccc(-c2nc3ccc(-c4ccc5[nH]cnc5c4)cc3[nH]2)cc1. The first-order valence-corrected chi connectivity index (χ1v) is 7.85. The summed E-state index contributed by atoms with van der Waals surface area (Å²) in [4.78, 5) is 15.6. The van der Waals surface area contributed by atoms with Gasteiger partial charge in [-0.2, -0.15) is 0 Å². The lowest BCUT2D eigenvalue weighted by Crippen LogP contribution is -1.79. The molecule has 0 spiro atoms. The van der Waals surface area contributed by atoms with Crippen LogP contribution in [0.2, 0.25) is 0 Å². The maximum absolute atomic E-state index is 4.69. The number of fused-ring (bicyclic) bond motifs is 2. The highest BCUT2D eigenvalue weighted by Gasteiger charge is 2.07. The molecule has 0 aliphatic heterocycles. The van der Waals surface area contributed by atoms with E-state index in [-0.39, 0.29) is 0 Å². The molecule has 0 bridgehead atoms. The Hall–Kier alpha value is -3.40. The van der Waals surface area contributed by atoms with Crippen LogP contribution in [0.4, 0.5) is 0 Å². The van der Waals surface area contributed by atoms with Crippen molar-refractivity contribution in [2.75, 3.05) is 0 Å². The summed E-state index contributed by atoms with van der Waals surface area (Å²) in [5.41, 5.74) is 7.41. The Morgan fingerprint density at radius 2 is 1.50 bits per heavy atom. The van der Waals surface area contributed by atoms with Gasteiger partial charge in [-0.15, -0.1) is 0 Å². The first-order valence-electron chi connectivity index (χ1n) is 7.85. The number of nitrogens with zero attached hydrogens (tertiary/aromatic N) is 2. The number of imidazole rings is 2. The van der Waals surface area contributed by atoms with Crippen molar-refractivity contribution in [1.29, 1.82) is 0 Å². The van der Waals surface area contributed by atoms with Gasteiger partial charge >= 0.3 is 0 Å². The van der Waals surface area contributed by atoms with E-state index in [1.165, 1.54) is 0 Å². The molecule has 3 aromatic carbocycles. The summed E-state index contributed by atoms with van der Waals surface area (Å²) >= 11 is 0. The van der Waals surface area contributed by atoms with E-state index in [1.54, 1.807) is 6.33 Å². The molecule has 0 atom stereocenters. The summed E-state index contributed by atoms with van der Waals surface area (Å²) in [6.07, 6.45) is 1.72. The average molecular weight is 310 g/mol. The van der Waals surface area contributed by atoms with Gasteiger partial charge in [-0.25, -0.2) is 9.97 Å². The topological polar surface area (TPSA) is 57.4 Å². The van der Waals surface area contributed by atoms with Gasteiger partial charge in [-0.3, -0.25) is 0 Å². The molecule has 0 fully saturated rings. The smallest absolute Gasteiger partial charge is 0.138 e. The summed E-state index contributed by atoms with van der Waals surface area (Å²) < 4.78 is 0. The lowest BCUT2D eigenvalue weighted by molar-refractivity contribution is 1.34. The van der Waals surface area contributed by atoms with Gasteiger partial charge in [0.15, 0.2) is 0 Å². The van der Waals surface area contributed by atoms with Crippen LogP contribution in [-0.4, -0.2) is 19.9 Å². The van der Waals surface area contributed by atoms with E-state index in [4.69, 9.17) is 0 Å². The van der Waals surface area contributed by atoms with E-state index in [9.17, 15) is 0 Å². The summed E-state index contributed by atoms with van der Waals surface area (Å²) in [5, 5.41) is 0. The number of aromatic nitrogens is 4. The normalized spacial score (nSPS) is 11.3. The second-order valence-corrected chi connectivity index (χ2v) is 5.82. The third kappa shape index (κ3) is 2.08. The van der Waals surface area contributed by atoms with Crippen LogP contribution in [0.5, 0.6) is 0 Å². The van der Waals surface area contributed by atoms with Crippen molar-refractivity contribution in [3.63, 3.8) is 0 Å². The van der Waals surface area contributed by atoms with Gasteiger partial charge in [0, 0.05) is 5.56 Å². The second kappa shape index (κ2) is 5.06. The molecule has 24 heavy (non-hydrogen) atoms. The first kappa shape index (κ1) is 13.1. The molecule has 0 saturated heterocycles. The number of nitrogens with one attached hydrogen (secondary N) is 2. The molecule has 2 N–H and O–H groups in total. The van der Waals surface area contributed by atoms with Crippen LogP contribution in [0.3, 0.4) is 0 Å². The Morgan fingerprint density at radius 3 is 2.42 bits per heavy atom. The highest BCUT2D eigenvalue weighted by molar-refractivity contribution is 5.87. The minimum Gasteiger partial charge on any atom is -0.345 e. The molecule has 5 rings (SSSR count). The lowest BCUT2D eigenvalue weighted by Gasteiger charge is -2.01. The van der Waals surface area contributed by atoms with Crippen molar-refractivity contribution in [3.05, 3.63) is 73.1 Å². The minimum atomic E-state index is 0.894. The van der Waals surface area contributed by atoms with E-state index < -0.39 is 0 Å². The van der Waals surface area contributed by atoms with Crippen LogP contribution in [0.15, 0.2) is 73.1 Å². The number of aromatic amines is 2. The lowest BCUT2D eigenvalue weighted by atomic mass is 10.0. The molecule has 4 heteroatoms. The summed E-state index contributed by atoms with van der Waals surface area (Å²) in [5.74, 6) is 0.894. The Bertz CT molecular complexity index is 1150. The maximum Gasteiger partial charge on any atom is 0.138 e. The van der Waals surface area contributed by atoms with Gasteiger partial charge < -0.3 is 9.97 Å². The Balaban J connectivity index is 1.62. The molecule has 0 aliphatic rings. The Labute approximate surface area is 138 Å². The van der Waals surface area contributed by atoms with Crippen LogP contribution < -0.4 is 0 Å². The average Bonchev–Trinajstić information content (AvgIpc) is 3.27. The zero-order valence-electron chi connectivity index (χ0n) is 12.8. The van der Waals surface area contributed by atoms with Crippen LogP contribution in [-0.2, 0) is 0 Å². The summed E-state index contributed by atoms with van der Waals surface area (Å²) in [6, 6.07) is 22.7. The summed E-state index contributed by atoms with van der Waals surface area (Å²) in [6.45, 7) is 0. The van der Waals surface area contributed by atoms with Gasteiger partial charge in [0.25, 0.3) is 0 Å². The Kier molecular flexibility index (Phi) is 2.76. The summed E-state index contributed by atoms with van der Waals surface area (Å²) in [7, 11) is 0. The van der Waals surface area contributed by atoms with Crippen LogP contribution in [0.25, 0.3) is 44.6 Å². The van der Waals surface area contributed by atoms with E-state index in [0.29, 0.717) is 0 Å². The van der Waals surface area contributed by atoms with Crippen molar-refractivity contribution in [3.8, 4) is 22.5 Å². The molecule has 0 saturated carbocycles. The molecule has 5 aromatic rings. The molecule has 0 unspecified atom stereocenters. The second-order valence-electron chi connectivity index (χ2n) is 5.82. The quantitative estimate of drug-likeness (QED) is 0.493. The van der Waals surface area contributed by atoms with Crippen molar-refractivity contribution < 1.29 is 0 Å². The number of benzene rings is 3. The van der Waals surface area contributed by atoms with E-state index >= 15 is 0 Å². The molecule has 0 aliphatic carbocycles. The van der Waals surface area contributed by atoms with Crippen LogP contribution in [0.1, 0.15) is 0 Å². The first-order chi connectivity index (χ1) is 11.9. The van der Waals surface area contributed by atoms with Crippen molar-refractivity contribution in [2.24, 2.45) is 0 Å².